The normalized spacial score (nSPS) is 10.3. The van der Waals surface area contributed by atoms with Crippen LogP contribution in [0.15, 0.2) is 60.7 Å². The third kappa shape index (κ3) is 3.71. The smallest absolute Gasteiger partial charge is 0.198 e. The van der Waals surface area contributed by atoms with Crippen LogP contribution >= 0.6 is 0 Å². The highest BCUT2D eigenvalue weighted by Crippen LogP contribution is 2.09. The number of rotatable bonds is 6. The first-order chi connectivity index (χ1) is 8.88. The van der Waals surface area contributed by atoms with E-state index in [1.165, 1.54) is 0 Å². The van der Waals surface area contributed by atoms with E-state index in [4.69, 9.17) is 4.84 Å². The number of hydrogen-bond acceptors (Lipinski definition) is 3. The fraction of sp³-hybridized carbons (Fsp3) is 0.133. The molecule has 0 amide bonds. The molecule has 0 fully saturated rings. The Morgan fingerprint density at radius 3 is 1.67 bits per heavy atom. The highest BCUT2D eigenvalue weighted by molar-refractivity contribution is 5.36. The van der Waals surface area contributed by atoms with E-state index in [1.807, 2.05) is 60.7 Å². The van der Waals surface area contributed by atoms with Crippen molar-refractivity contribution in [1.82, 2.24) is 5.06 Å². The maximum absolute atomic E-state index is 10.5. The van der Waals surface area contributed by atoms with Gasteiger partial charge < -0.3 is 0 Å². The van der Waals surface area contributed by atoms with Crippen LogP contribution in [0.5, 0.6) is 0 Å². The van der Waals surface area contributed by atoms with Crippen LogP contribution in [0.1, 0.15) is 11.1 Å². The summed E-state index contributed by atoms with van der Waals surface area (Å²) in [6.45, 7) is 1.62. The number of benzene rings is 2. The van der Waals surface area contributed by atoms with E-state index in [0.717, 1.165) is 11.1 Å². The molecule has 0 heterocycles. The van der Waals surface area contributed by atoms with Crippen LogP contribution in [0.2, 0.25) is 0 Å². The second kappa shape index (κ2) is 6.57. The predicted molar refractivity (Wildman–Crippen MR) is 69.3 cm³/mol. The standard InChI is InChI=1S/C15H15NO2/c17-13-18-16(11-14-7-3-1-4-8-14)12-15-9-5-2-6-10-15/h1-10,13H,11-12H2/q+1. The number of carbonyl (C=O) groups excluding carboxylic acids is 1. The van der Waals surface area contributed by atoms with Crippen LogP contribution < -0.4 is 0 Å². The molecule has 3 heteroatoms. The maximum Gasteiger partial charge on any atom is 0.587 e. The zero-order valence-electron chi connectivity index (χ0n) is 10.0. The Morgan fingerprint density at radius 1 is 0.833 bits per heavy atom. The van der Waals surface area contributed by atoms with Gasteiger partial charge in [0.15, 0.2) is 0 Å². The average molecular weight is 241 g/mol. The molecule has 0 unspecified atom stereocenters. The molecule has 91 valence electrons. The summed E-state index contributed by atoms with van der Waals surface area (Å²) in [5.74, 6) is 0. The molecule has 3 nitrogen and oxygen atoms in total. The zero-order valence-corrected chi connectivity index (χ0v) is 10.0. The minimum atomic E-state index is 0.464. The van der Waals surface area contributed by atoms with Gasteiger partial charge in [0, 0.05) is 4.79 Å². The van der Waals surface area contributed by atoms with Gasteiger partial charge in [-0.2, -0.15) is 4.84 Å². The molecular formula is C15H15NO2+. The fourth-order valence-electron chi connectivity index (χ4n) is 1.77. The molecule has 0 N–H and O–H groups in total. The minimum absolute atomic E-state index is 0.464. The van der Waals surface area contributed by atoms with Crippen molar-refractivity contribution in [2.75, 3.05) is 0 Å². The van der Waals surface area contributed by atoms with Crippen molar-refractivity contribution in [2.24, 2.45) is 0 Å². The molecule has 0 bridgehead atoms. The molecule has 0 aromatic heterocycles. The van der Waals surface area contributed by atoms with Gasteiger partial charge in [0.25, 0.3) is 0 Å². The van der Waals surface area contributed by atoms with Crippen LogP contribution in [-0.4, -0.2) is 11.5 Å². The molecule has 0 aliphatic carbocycles. The Labute approximate surface area is 107 Å². The van der Waals surface area contributed by atoms with Gasteiger partial charge in [0.05, 0.1) is 13.1 Å². The van der Waals surface area contributed by atoms with Crippen LogP contribution in [0, 0.1) is 0 Å². The maximum atomic E-state index is 10.5. The van der Waals surface area contributed by atoms with Gasteiger partial charge in [-0.25, -0.2) is 0 Å². The summed E-state index contributed by atoms with van der Waals surface area (Å²) in [6, 6.07) is 19.8. The molecule has 0 aliphatic heterocycles. The van der Waals surface area contributed by atoms with Crippen LogP contribution in [0.4, 0.5) is 0 Å². The lowest BCUT2D eigenvalue weighted by Crippen LogP contribution is -2.22. The molecule has 0 saturated heterocycles. The van der Waals surface area contributed by atoms with Crippen LogP contribution in [-0.2, 0) is 22.7 Å². The Balaban J connectivity index is 2.02. The van der Waals surface area contributed by atoms with E-state index >= 15 is 0 Å². The van der Waals surface area contributed by atoms with E-state index in [9.17, 15) is 4.79 Å². The molecule has 2 aromatic carbocycles. The molecule has 2 rings (SSSR count). The van der Waals surface area contributed by atoms with E-state index in [1.54, 1.807) is 5.06 Å². The predicted octanol–water partition coefficient (Wildman–Crippen LogP) is 2.78. The zero-order chi connectivity index (χ0) is 12.6. The third-order valence-electron chi connectivity index (χ3n) is 2.60. The van der Waals surface area contributed by atoms with Gasteiger partial charge in [0.1, 0.15) is 0 Å². The first-order valence-electron chi connectivity index (χ1n) is 5.81. The van der Waals surface area contributed by atoms with Crippen molar-refractivity contribution in [2.45, 2.75) is 13.1 Å². The fourth-order valence-corrected chi connectivity index (χ4v) is 1.77. The Kier molecular flexibility index (Phi) is 4.50. The lowest BCUT2D eigenvalue weighted by atomic mass is 10.2. The molecule has 0 saturated carbocycles. The minimum Gasteiger partial charge on any atom is -0.198 e. The molecule has 0 atom stereocenters. The van der Waals surface area contributed by atoms with Crippen molar-refractivity contribution in [3.05, 3.63) is 71.8 Å². The van der Waals surface area contributed by atoms with Gasteiger partial charge in [-0.1, -0.05) is 60.7 Å². The van der Waals surface area contributed by atoms with Gasteiger partial charge in [-0.05, 0) is 16.2 Å². The summed E-state index contributed by atoms with van der Waals surface area (Å²) >= 11 is 0. The number of nitrogens with zero attached hydrogens (tertiary/aromatic N) is 1. The largest absolute Gasteiger partial charge is 0.587 e. The van der Waals surface area contributed by atoms with E-state index in [2.05, 4.69) is 0 Å². The molecule has 1 radical (unpaired) electrons. The second-order valence-corrected chi connectivity index (χ2v) is 3.97. The molecular weight excluding hydrogens is 226 g/mol. The number of hydrogen-bond donors (Lipinski definition) is 0. The van der Waals surface area contributed by atoms with Crippen LogP contribution in [0.25, 0.3) is 0 Å². The Hall–Kier alpha value is -2.13. The van der Waals surface area contributed by atoms with Gasteiger partial charge in [0.2, 0.25) is 0 Å². The van der Waals surface area contributed by atoms with E-state index in [0.29, 0.717) is 19.6 Å². The monoisotopic (exact) mass is 241 g/mol. The first-order valence-corrected chi connectivity index (χ1v) is 5.81. The summed E-state index contributed by atoms with van der Waals surface area (Å²) in [4.78, 5) is 15.5. The third-order valence-corrected chi connectivity index (χ3v) is 2.60. The topological polar surface area (TPSA) is 32.4 Å². The summed E-state index contributed by atoms with van der Waals surface area (Å²) in [5.41, 5.74) is 2.21. The lowest BCUT2D eigenvalue weighted by Gasteiger charge is -2.12. The van der Waals surface area contributed by atoms with E-state index < -0.39 is 0 Å². The molecule has 0 spiro atoms. The molecule has 18 heavy (non-hydrogen) atoms. The quantitative estimate of drug-likeness (QED) is 0.443. The van der Waals surface area contributed by atoms with E-state index in [-0.39, 0.29) is 0 Å². The lowest BCUT2D eigenvalue weighted by molar-refractivity contribution is -0.180. The van der Waals surface area contributed by atoms with Crippen molar-refractivity contribution in [3.63, 3.8) is 0 Å². The van der Waals surface area contributed by atoms with Crippen molar-refractivity contribution in [3.8, 4) is 0 Å². The Morgan fingerprint density at radius 2 is 1.28 bits per heavy atom. The van der Waals surface area contributed by atoms with Crippen LogP contribution in [0.3, 0.4) is 0 Å². The second-order valence-electron chi connectivity index (χ2n) is 3.97. The molecule has 2 aromatic rings. The SMILES string of the molecule is [O+]=CON(Cc1ccccc1)Cc1ccccc1. The highest BCUT2D eigenvalue weighted by Gasteiger charge is 2.13. The first kappa shape index (κ1) is 12.3. The van der Waals surface area contributed by atoms with Crippen molar-refractivity contribution in [1.29, 1.82) is 0 Å². The highest BCUT2D eigenvalue weighted by atomic mass is 16.7. The van der Waals surface area contributed by atoms with Crippen molar-refractivity contribution >= 4 is 6.47 Å². The summed E-state index contributed by atoms with van der Waals surface area (Å²) in [6.07, 6.45) is 0. The summed E-state index contributed by atoms with van der Waals surface area (Å²) in [7, 11) is 0. The van der Waals surface area contributed by atoms with Crippen molar-refractivity contribution < 1.29 is 9.63 Å². The van der Waals surface area contributed by atoms with Gasteiger partial charge in [-0.3, -0.25) is 0 Å². The number of hydroxylamine groups is 2. The van der Waals surface area contributed by atoms with Gasteiger partial charge in [-0.15, -0.1) is 0 Å². The summed E-state index contributed by atoms with van der Waals surface area (Å²) < 4.78 is 0. The number of carbonyl (C=O) groups is 1. The molecule has 0 aliphatic rings. The Bertz CT molecular complexity index is 429. The van der Waals surface area contributed by atoms with Gasteiger partial charge >= 0.3 is 6.47 Å². The average Bonchev–Trinajstić information content (AvgIpc) is 2.41. The summed E-state index contributed by atoms with van der Waals surface area (Å²) in [5, 5.41) is 1.64.